The molecule has 6 heteroatoms. The molecule has 0 saturated heterocycles. The van der Waals surface area contributed by atoms with Crippen LogP contribution in [0.2, 0.25) is 0 Å². The number of carbonyl (C=O) groups excluding carboxylic acids is 1. The molecule has 2 fully saturated rings. The van der Waals surface area contributed by atoms with Crippen molar-refractivity contribution in [2.45, 2.75) is 63.2 Å². The molecule has 2 saturated carbocycles. The molecule has 1 heterocycles. The fourth-order valence-corrected chi connectivity index (χ4v) is 5.40. The molecule has 0 radical (unpaired) electrons. The lowest BCUT2D eigenvalue weighted by Crippen LogP contribution is -2.30. The Kier molecular flexibility index (Phi) is 5.04. The molecular weight excluding hydrogens is 326 g/mol. The van der Waals surface area contributed by atoms with Gasteiger partial charge in [-0.05, 0) is 37.3 Å². The molecule has 5 nitrogen and oxygen atoms in total. The van der Waals surface area contributed by atoms with Crippen LogP contribution in [0, 0.1) is 5.92 Å². The van der Waals surface area contributed by atoms with Gasteiger partial charge in [0.15, 0.2) is 9.84 Å². The number of sulfone groups is 1. The van der Waals surface area contributed by atoms with Crippen LogP contribution in [-0.2, 0) is 21.2 Å². The van der Waals surface area contributed by atoms with Crippen molar-refractivity contribution in [3.05, 3.63) is 23.7 Å². The molecule has 0 aromatic carbocycles. The Bertz CT molecular complexity index is 688. The second kappa shape index (κ2) is 6.90. The molecular formula is C18H27NO4S. The van der Waals surface area contributed by atoms with Crippen LogP contribution in [0.15, 0.2) is 16.5 Å². The predicted octanol–water partition coefficient (Wildman–Crippen LogP) is 3.11. The minimum absolute atomic E-state index is 0.0379. The quantitative estimate of drug-likeness (QED) is 0.755. The van der Waals surface area contributed by atoms with Gasteiger partial charge >= 0.3 is 0 Å². The number of hydrogen-bond donors (Lipinski definition) is 0. The third-order valence-electron chi connectivity index (χ3n) is 5.39. The van der Waals surface area contributed by atoms with Crippen LogP contribution in [0.1, 0.15) is 62.9 Å². The first kappa shape index (κ1) is 17.5. The third kappa shape index (κ3) is 4.02. The third-order valence-corrected chi connectivity index (χ3v) is 7.65. The lowest BCUT2D eigenvalue weighted by molar-refractivity contribution is -0.130. The van der Waals surface area contributed by atoms with E-state index in [4.69, 9.17) is 4.42 Å². The van der Waals surface area contributed by atoms with Gasteiger partial charge in [-0.15, -0.1) is 0 Å². The van der Waals surface area contributed by atoms with Gasteiger partial charge in [-0.1, -0.05) is 19.8 Å². The number of rotatable bonds is 7. The van der Waals surface area contributed by atoms with E-state index in [0.717, 1.165) is 37.2 Å². The summed E-state index contributed by atoms with van der Waals surface area (Å²) in [6.45, 7) is 2.59. The molecule has 2 atom stereocenters. The summed E-state index contributed by atoms with van der Waals surface area (Å²) in [5, 5.41) is -0.233. The van der Waals surface area contributed by atoms with Crippen molar-refractivity contribution in [3.8, 4) is 0 Å². The number of carbonyl (C=O) groups is 1. The summed E-state index contributed by atoms with van der Waals surface area (Å²) in [5.74, 6) is 2.79. The van der Waals surface area contributed by atoms with Crippen LogP contribution in [0.4, 0.5) is 0 Å². The molecule has 0 bridgehead atoms. The molecule has 0 aliphatic heterocycles. The highest BCUT2D eigenvalue weighted by Crippen LogP contribution is 2.47. The van der Waals surface area contributed by atoms with Crippen molar-refractivity contribution in [2.24, 2.45) is 5.92 Å². The normalized spacial score (nSPS) is 24.2. The summed E-state index contributed by atoms with van der Waals surface area (Å²) >= 11 is 0. The van der Waals surface area contributed by atoms with Crippen LogP contribution < -0.4 is 0 Å². The Balaban J connectivity index is 1.48. The highest BCUT2D eigenvalue weighted by molar-refractivity contribution is 7.92. The minimum atomic E-state index is -3.14. The fraction of sp³-hybridized carbons (Fsp3) is 0.722. The zero-order valence-electron chi connectivity index (χ0n) is 14.5. The van der Waals surface area contributed by atoms with E-state index in [2.05, 4.69) is 6.92 Å². The molecule has 1 aromatic rings. The average Bonchev–Trinajstić information content (AvgIpc) is 3.01. The highest BCUT2D eigenvalue weighted by Gasteiger charge is 2.36. The van der Waals surface area contributed by atoms with Crippen molar-refractivity contribution in [3.63, 3.8) is 0 Å². The van der Waals surface area contributed by atoms with Crippen molar-refractivity contribution < 1.29 is 17.6 Å². The maximum absolute atomic E-state index is 12.2. The van der Waals surface area contributed by atoms with Crippen LogP contribution >= 0.6 is 0 Å². The Morgan fingerprint density at radius 2 is 1.96 bits per heavy atom. The topological polar surface area (TPSA) is 67.6 Å². The molecule has 0 N–H and O–H groups in total. The molecule has 3 rings (SSSR count). The summed E-state index contributed by atoms with van der Waals surface area (Å²) < 4.78 is 30.3. The van der Waals surface area contributed by atoms with Crippen LogP contribution in [0.25, 0.3) is 0 Å². The summed E-state index contributed by atoms with van der Waals surface area (Å²) in [5.41, 5.74) is 0. The van der Waals surface area contributed by atoms with E-state index in [0.29, 0.717) is 18.4 Å². The van der Waals surface area contributed by atoms with E-state index in [-0.39, 0.29) is 23.3 Å². The first-order chi connectivity index (χ1) is 11.4. The molecule has 1 aromatic heterocycles. The summed E-state index contributed by atoms with van der Waals surface area (Å²) in [6.07, 6.45) is 4.70. The van der Waals surface area contributed by atoms with E-state index in [9.17, 15) is 13.2 Å². The van der Waals surface area contributed by atoms with E-state index in [1.165, 1.54) is 6.42 Å². The largest absolute Gasteiger partial charge is 0.464 e. The second-order valence-corrected chi connectivity index (χ2v) is 9.80. The highest BCUT2D eigenvalue weighted by atomic mass is 32.2. The first-order valence-corrected chi connectivity index (χ1v) is 10.6. The van der Waals surface area contributed by atoms with Gasteiger partial charge in [-0.2, -0.15) is 0 Å². The zero-order chi connectivity index (χ0) is 17.3. The molecule has 2 aliphatic carbocycles. The molecule has 0 unspecified atom stereocenters. The molecule has 134 valence electrons. The van der Waals surface area contributed by atoms with Gasteiger partial charge < -0.3 is 9.32 Å². The number of amides is 1. The van der Waals surface area contributed by atoms with E-state index < -0.39 is 9.84 Å². The number of nitrogens with zero attached hydrogens (tertiary/aromatic N) is 1. The summed E-state index contributed by atoms with van der Waals surface area (Å²) in [4.78, 5) is 13.8. The summed E-state index contributed by atoms with van der Waals surface area (Å²) in [6, 6.07) is 3.91. The molecule has 2 aliphatic rings. The van der Waals surface area contributed by atoms with E-state index in [1.54, 1.807) is 11.9 Å². The van der Waals surface area contributed by atoms with Gasteiger partial charge in [0.2, 0.25) is 5.91 Å². The molecule has 1 amide bonds. The van der Waals surface area contributed by atoms with Crippen molar-refractivity contribution in [2.75, 3.05) is 12.8 Å². The molecule has 24 heavy (non-hydrogen) atoms. The van der Waals surface area contributed by atoms with E-state index >= 15 is 0 Å². The maximum Gasteiger partial charge on any atom is 0.223 e. The SMILES string of the molecule is C[C@H]1C[C@@H]1c1ccc(CN(C)C(=O)CCS(=O)(=O)C2CCCC2)o1. The van der Waals surface area contributed by atoms with Gasteiger partial charge in [-0.25, -0.2) is 8.42 Å². The fourth-order valence-electron chi connectivity index (χ4n) is 3.55. The van der Waals surface area contributed by atoms with Crippen molar-refractivity contribution in [1.29, 1.82) is 0 Å². The number of furan rings is 1. The van der Waals surface area contributed by atoms with Gasteiger partial charge in [0, 0.05) is 19.4 Å². The van der Waals surface area contributed by atoms with Crippen molar-refractivity contribution in [1.82, 2.24) is 4.90 Å². The Hall–Kier alpha value is -1.30. The average molecular weight is 353 g/mol. The van der Waals surface area contributed by atoms with Crippen LogP contribution in [-0.4, -0.2) is 37.3 Å². The lowest BCUT2D eigenvalue weighted by atomic mass is 10.3. The molecule has 0 spiro atoms. The monoisotopic (exact) mass is 353 g/mol. The maximum atomic E-state index is 12.2. The first-order valence-electron chi connectivity index (χ1n) is 8.91. The standard InChI is InChI=1S/C18H27NO4S/c1-13-11-16(13)17-8-7-14(23-17)12-19(2)18(20)9-10-24(21,22)15-5-3-4-6-15/h7-8,13,15-16H,3-6,9-12H2,1-2H3/t13-,16-/m0/s1. The van der Waals surface area contributed by atoms with E-state index in [1.807, 2.05) is 12.1 Å². The second-order valence-electron chi connectivity index (χ2n) is 7.40. The van der Waals surface area contributed by atoms with Gasteiger partial charge in [0.25, 0.3) is 0 Å². The Morgan fingerprint density at radius 1 is 1.29 bits per heavy atom. The summed E-state index contributed by atoms with van der Waals surface area (Å²) in [7, 11) is -1.44. The Morgan fingerprint density at radius 3 is 2.58 bits per heavy atom. The van der Waals surface area contributed by atoms with Crippen molar-refractivity contribution >= 4 is 15.7 Å². The lowest BCUT2D eigenvalue weighted by Gasteiger charge is -2.17. The smallest absolute Gasteiger partial charge is 0.223 e. The van der Waals surface area contributed by atoms with Crippen LogP contribution in [0.3, 0.4) is 0 Å². The number of hydrogen-bond acceptors (Lipinski definition) is 4. The van der Waals surface area contributed by atoms with Gasteiger partial charge in [0.1, 0.15) is 11.5 Å². The zero-order valence-corrected chi connectivity index (χ0v) is 15.3. The minimum Gasteiger partial charge on any atom is -0.464 e. The van der Waals surface area contributed by atoms with Crippen LogP contribution in [0.5, 0.6) is 0 Å². The van der Waals surface area contributed by atoms with Gasteiger partial charge in [-0.3, -0.25) is 4.79 Å². The Labute approximate surface area is 144 Å². The van der Waals surface area contributed by atoms with Gasteiger partial charge in [0.05, 0.1) is 17.5 Å². The predicted molar refractivity (Wildman–Crippen MR) is 92.4 cm³/mol.